The Morgan fingerprint density at radius 2 is 2.00 bits per heavy atom. The summed E-state index contributed by atoms with van der Waals surface area (Å²) in [6, 6.07) is 9.23. The van der Waals surface area contributed by atoms with E-state index in [4.69, 9.17) is 0 Å². The number of benzene rings is 1. The number of rotatable bonds is 5. The third-order valence-electron chi connectivity index (χ3n) is 1.84. The molecule has 0 heterocycles. The minimum Gasteiger partial charge on any atom is -0.309 e. The molecular weight excluding hydrogens is 208 g/mol. The van der Waals surface area contributed by atoms with Gasteiger partial charge in [0.25, 0.3) is 5.91 Å². The van der Waals surface area contributed by atoms with Crippen molar-refractivity contribution in [3.05, 3.63) is 35.9 Å². The van der Waals surface area contributed by atoms with E-state index in [0.717, 1.165) is 12.3 Å². The molecule has 4 heteroatoms. The Bertz CT molecular complexity index is 301. The zero-order valence-electron chi connectivity index (χ0n) is 9.06. The summed E-state index contributed by atoms with van der Waals surface area (Å²) in [5, 5.41) is 0. The van der Waals surface area contributed by atoms with Crippen LogP contribution in [-0.4, -0.2) is 37.2 Å². The number of carbonyl (C=O) groups excluding carboxylic acids is 1. The van der Waals surface area contributed by atoms with E-state index in [1.807, 2.05) is 44.4 Å². The molecule has 0 aliphatic rings. The van der Waals surface area contributed by atoms with E-state index >= 15 is 0 Å². The topological polar surface area (TPSA) is 32.3 Å². The molecule has 0 saturated carbocycles. The first-order valence-electron chi connectivity index (χ1n) is 4.82. The first kappa shape index (κ1) is 12.1. The van der Waals surface area contributed by atoms with Gasteiger partial charge in [0.15, 0.2) is 0 Å². The van der Waals surface area contributed by atoms with Gasteiger partial charge in [0.1, 0.15) is 0 Å². The molecule has 0 aromatic heterocycles. The summed E-state index contributed by atoms with van der Waals surface area (Å²) in [6.45, 7) is 0.958. The summed E-state index contributed by atoms with van der Waals surface area (Å²) >= 11 is 1.44. The van der Waals surface area contributed by atoms with Gasteiger partial charge in [-0.15, -0.1) is 0 Å². The van der Waals surface area contributed by atoms with Crippen LogP contribution in [0.25, 0.3) is 0 Å². The molecule has 3 nitrogen and oxygen atoms in total. The zero-order valence-corrected chi connectivity index (χ0v) is 9.88. The molecule has 0 aliphatic carbocycles. The van der Waals surface area contributed by atoms with Crippen LogP contribution in [0.3, 0.4) is 0 Å². The van der Waals surface area contributed by atoms with Gasteiger partial charge in [-0.3, -0.25) is 9.52 Å². The molecule has 0 spiro atoms. The largest absolute Gasteiger partial charge is 0.309 e. The van der Waals surface area contributed by atoms with Gasteiger partial charge in [0.05, 0.1) is 0 Å². The van der Waals surface area contributed by atoms with Gasteiger partial charge in [0.2, 0.25) is 0 Å². The maximum absolute atomic E-state index is 11.5. The Kier molecular flexibility index (Phi) is 5.21. The highest BCUT2D eigenvalue weighted by molar-refractivity contribution is 7.97. The number of hydrogen-bond acceptors (Lipinski definition) is 3. The van der Waals surface area contributed by atoms with Crippen molar-refractivity contribution in [3.8, 4) is 0 Å². The van der Waals surface area contributed by atoms with Crippen molar-refractivity contribution in [2.45, 2.75) is 0 Å². The van der Waals surface area contributed by atoms with E-state index in [-0.39, 0.29) is 5.91 Å². The van der Waals surface area contributed by atoms with Crippen LogP contribution in [0.4, 0.5) is 0 Å². The normalized spacial score (nSPS) is 10.3. The fourth-order valence-electron chi connectivity index (χ4n) is 0.993. The second kappa shape index (κ2) is 6.48. The number of amides is 1. The molecule has 1 aromatic rings. The first-order chi connectivity index (χ1) is 7.20. The van der Waals surface area contributed by atoms with Crippen molar-refractivity contribution in [3.63, 3.8) is 0 Å². The van der Waals surface area contributed by atoms with Crippen LogP contribution in [0.5, 0.6) is 0 Å². The Morgan fingerprint density at radius 1 is 1.33 bits per heavy atom. The molecule has 82 valence electrons. The van der Waals surface area contributed by atoms with Gasteiger partial charge in [0, 0.05) is 17.9 Å². The van der Waals surface area contributed by atoms with Crippen LogP contribution < -0.4 is 4.72 Å². The molecule has 1 N–H and O–H groups in total. The SMILES string of the molecule is CN(C)CCSNC(=O)c1ccccc1. The van der Waals surface area contributed by atoms with E-state index in [1.54, 1.807) is 0 Å². The van der Waals surface area contributed by atoms with Gasteiger partial charge in [-0.2, -0.15) is 0 Å². The van der Waals surface area contributed by atoms with E-state index in [1.165, 1.54) is 11.9 Å². The molecule has 0 saturated heterocycles. The third-order valence-corrected chi connectivity index (χ3v) is 2.56. The van der Waals surface area contributed by atoms with Crippen LogP contribution in [0.1, 0.15) is 10.4 Å². The van der Waals surface area contributed by atoms with Gasteiger partial charge >= 0.3 is 0 Å². The minimum atomic E-state index is -0.0284. The Balaban J connectivity index is 2.25. The Morgan fingerprint density at radius 3 is 2.60 bits per heavy atom. The lowest BCUT2D eigenvalue weighted by molar-refractivity contribution is 0.0984. The zero-order chi connectivity index (χ0) is 11.1. The molecule has 1 rings (SSSR count). The molecule has 0 aliphatic heterocycles. The average Bonchev–Trinajstić information content (AvgIpc) is 2.25. The molecule has 1 aromatic carbocycles. The summed E-state index contributed by atoms with van der Waals surface area (Å²) in [7, 11) is 4.03. The quantitative estimate of drug-likeness (QED) is 0.609. The monoisotopic (exact) mass is 224 g/mol. The van der Waals surface area contributed by atoms with Gasteiger partial charge in [-0.25, -0.2) is 0 Å². The van der Waals surface area contributed by atoms with Crippen LogP contribution in [0, 0.1) is 0 Å². The summed E-state index contributed by atoms with van der Waals surface area (Å²) in [5.74, 6) is 0.866. The highest BCUT2D eigenvalue weighted by atomic mass is 32.2. The number of nitrogens with one attached hydrogen (secondary N) is 1. The standard InChI is InChI=1S/C11H16N2OS/c1-13(2)8-9-15-12-11(14)10-6-4-3-5-7-10/h3-7H,8-9H2,1-2H3,(H,12,14). The number of nitrogens with zero attached hydrogens (tertiary/aromatic N) is 1. The summed E-state index contributed by atoms with van der Waals surface area (Å²) in [6.07, 6.45) is 0. The predicted molar refractivity (Wildman–Crippen MR) is 64.9 cm³/mol. The number of hydrogen-bond donors (Lipinski definition) is 1. The predicted octanol–water partition coefficient (Wildman–Crippen LogP) is 1.63. The molecule has 15 heavy (non-hydrogen) atoms. The van der Waals surface area contributed by atoms with Crippen molar-refractivity contribution in [2.24, 2.45) is 0 Å². The minimum absolute atomic E-state index is 0.0284. The maximum Gasteiger partial charge on any atom is 0.261 e. The second-order valence-corrected chi connectivity index (χ2v) is 4.35. The lowest BCUT2D eigenvalue weighted by atomic mass is 10.2. The summed E-state index contributed by atoms with van der Waals surface area (Å²) < 4.78 is 2.81. The van der Waals surface area contributed by atoms with Crippen LogP contribution in [0.2, 0.25) is 0 Å². The van der Waals surface area contributed by atoms with Crippen LogP contribution in [-0.2, 0) is 0 Å². The van der Waals surface area contributed by atoms with Gasteiger partial charge in [-0.05, 0) is 38.2 Å². The third kappa shape index (κ3) is 4.85. The lowest BCUT2D eigenvalue weighted by Crippen LogP contribution is -2.20. The van der Waals surface area contributed by atoms with E-state index in [9.17, 15) is 4.79 Å². The van der Waals surface area contributed by atoms with Crippen molar-refractivity contribution < 1.29 is 4.79 Å². The molecule has 1 amide bonds. The Hall–Kier alpha value is -1.00. The summed E-state index contributed by atoms with van der Waals surface area (Å²) in [5.41, 5.74) is 0.704. The fraction of sp³-hybridized carbons (Fsp3) is 0.364. The van der Waals surface area contributed by atoms with Crippen LogP contribution in [0.15, 0.2) is 30.3 Å². The summed E-state index contributed by atoms with van der Waals surface area (Å²) in [4.78, 5) is 13.6. The Labute approximate surface area is 95.0 Å². The fourth-order valence-corrected chi connectivity index (χ4v) is 1.80. The number of carbonyl (C=O) groups is 1. The molecule has 0 bridgehead atoms. The second-order valence-electron chi connectivity index (χ2n) is 3.45. The van der Waals surface area contributed by atoms with Gasteiger partial charge < -0.3 is 4.90 Å². The van der Waals surface area contributed by atoms with E-state index < -0.39 is 0 Å². The van der Waals surface area contributed by atoms with E-state index in [0.29, 0.717) is 5.56 Å². The van der Waals surface area contributed by atoms with E-state index in [2.05, 4.69) is 9.62 Å². The van der Waals surface area contributed by atoms with Crippen molar-refractivity contribution in [1.29, 1.82) is 0 Å². The average molecular weight is 224 g/mol. The highest BCUT2D eigenvalue weighted by Gasteiger charge is 2.03. The first-order valence-corrected chi connectivity index (χ1v) is 5.80. The highest BCUT2D eigenvalue weighted by Crippen LogP contribution is 2.01. The molecule has 0 atom stereocenters. The van der Waals surface area contributed by atoms with Crippen molar-refractivity contribution in [2.75, 3.05) is 26.4 Å². The molecule has 0 fully saturated rings. The van der Waals surface area contributed by atoms with Crippen molar-refractivity contribution >= 4 is 17.9 Å². The maximum atomic E-state index is 11.5. The van der Waals surface area contributed by atoms with Crippen molar-refractivity contribution in [1.82, 2.24) is 9.62 Å². The molecule has 0 radical (unpaired) electrons. The lowest BCUT2D eigenvalue weighted by Gasteiger charge is -2.09. The van der Waals surface area contributed by atoms with Crippen LogP contribution >= 0.6 is 11.9 Å². The smallest absolute Gasteiger partial charge is 0.261 e. The molecule has 0 unspecified atom stereocenters. The van der Waals surface area contributed by atoms with Gasteiger partial charge in [-0.1, -0.05) is 18.2 Å². The molecular formula is C11H16N2OS.